The minimum atomic E-state index is -0.342. The van der Waals surface area contributed by atoms with Crippen LogP contribution >= 0.6 is 36.2 Å². The lowest BCUT2D eigenvalue weighted by atomic mass is 10.2. The standard InChI is InChI=1S/C19H26N4O4S.2ClH/c1-23(2)10-6-5-9-20-18(25)14-12-28-19(21-14)22-17(24)13-7-8-15(26-3)16(11-13)27-4;;/h7-8,11-12H,5-6,9-10H2,1-4H3,(H,20,25)(H,21,22,24);2*1H. The van der Waals surface area contributed by atoms with E-state index in [4.69, 9.17) is 9.47 Å². The van der Waals surface area contributed by atoms with Crippen LogP contribution in [0.5, 0.6) is 11.5 Å². The Morgan fingerprint density at radius 1 is 1.07 bits per heavy atom. The summed E-state index contributed by atoms with van der Waals surface area (Å²) in [4.78, 5) is 30.9. The van der Waals surface area contributed by atoms with Crippen molar-refractivity contribution in [3.8, 4) is 11.5 Å². The highest BCUT2D eigenvalue weighted by Gasteiger charge is 2.15. The fourth-order valence-corrected chi connectivity index (χ4v) is 3.11. The van der Waals surface area contributed by atoms with E-state index in [9.17, 15) is 9.59 Å². The van der Waals surface area contributed by atoms with E-state index >= 15 is 0 Å². The number of carbonyl (C=O) groups is 2. The number of rotatable bonds is 10. The van der Waals surface area contributed by atoms with Crippen LogP contribution in [0.2, 0.25) is 0 Å². The average molecular weight is 479 g/mol. The van der Waals surface area contributed by atoms with Gasteiger partial charge in [0, 0.05) is 17.5 Å². The highest BCUT2D eigenvalue weighted by atomic mass is 35.5. The van der Waals surface area contributed by atoms with Crippen molar-refractivity contribution in [3.63, 3.8) is 0 Å². The first-order valence-electron chi connectivity index (χ1n) is 8.86. The molecule has 1 aromatic heterocycles. The smallest absolute Gasteiger partial charge is 0.270 e. The van der Waals surface area contributed by atoms with Crippen molar-refractivity contribution in [2.45, 2.75) is 12.8 Å². The maximum Gasteiger partial charge on any atom is 0.270 e. The number of nitrogens with one attached hydrogen (secondary N) is 2. The molecule has 0 fully saturated rings. The fraction of sp³-hybridized carbons (Fsp3) is 0.421. The molecular weight excluding hydrogens is 451 g/mol. The number of benzene rings is 1. The van der Waals surface area contributed by atoms with E-state index in [0.29, 0.717) is 34.4 Å². The first kappa shape index (κ1) is 27.9. The minimum Gasteiger partial charge on any atom is -0.493 e. The Morgan fingerprint density at radius 2 is 1.77 bits per heavy atom. The number of anilines is 1. The van der Waals surface area contributed by atoms with E-state index in [1.165, 1.54) is 25.6 Å². The number of unbranched alkanes of at least 4 members (excludes halogenated alkanes) is 1. The molecule has 0 saturated carbocycles. The SMILES string of the molecule is COc1ccc(C(=O)Nc2nc(C(=O)NCCCCN(C)C)cs2)cc1OC.Cl.Cl. The van der Waals surface area contributed by atoms with Crippen molar-refractivity contribution >= 4 is 53.1 Å². The summed E-state index contributed by atoms with van der Waals surface area (Å²) in [6.45, 7) is 1.58. The Morgan fingerprint density at radius 3 is 2.40 bits per heavy atom. The van der Waals surface area contributed by atoms with Gasteiger partial charge in [0.15, 0.2) is 16.6 Å². The zero-order valence-electron chi connectivity index (χ0n) is 17.4. The number of halogens is 2. The summed E-state index contributed by atoms with van der Waals surface area (Å²) >= 11 is 1.20. The third-order valence-corrected chi connectivity index (χ3v) is 4.68. The molecule has 0 spiro atoms. The zero-order chi connectivity index (χ0) is 20.5. The largest absolute Gasteiger partial charge is 0.493 e. The molecule has 0 atom stereocenters. The van der Waals surface area contributed by atoms with E-state index in [-0.39, 0.29) is 36.6 Å². The Kier molecular flexibility index (Phi) is 13.1. The van der Waals surface area contributed by atoms with Gasteiger partial charge in [-0.2, -0.15) is 0 Å². The van der Waals surface area contributed by atoms with Crippen molar-refractivity contribution in [1.29, 1.82) is 0 Å². The Balaban J connectivity index is 0.00000420. The van der Waals surface area contributed by atoms with E-state index in [0.717, 1.165) is 19.4 Å². The summed E-state index contributed by atoms with van der Waals surface area (Å²) in [7, 11) is 7.07. The lowest BCUT2D eigenvalue weighted by Crippen LogP contribution is -2.25. The lowest BCUT2D eigenvalue weighted by Gasteiger charge is -2.09. The van der Waals surface area contributed by atoms with Gasteiger partial charge >= 0.3 is 0 Å². The van der Waals surface area contributed by atoms with Crippen LogP contribution in [-0.4, -0.2) is 63.1 Å². The molecule has 2 rings (SSSR count). The van der Waals surface area contributed by atoms with E-state index < -0.39 is 0 Å². The average Bonchev–Trinajstić information content (AvgIpc) is 3.15. The number of aromatic nitrogens is 1. The first-order valence-corrected chi connectivity index (χ1v) is 9.74. The minimum absolute atomic E-state index is 0. The van der Waals surface area contributed by atoms with Crippen LogP contribution in [0.25, 0.3) is 0 Å². The molecule has 0 aliphatic carbocycles. The second kappa shape index (κ2) is 14.0. The molecule has 0 radical (unpaired) electrons. The number of hydrogen-bond donors (Lipinski definition) is 2. The van der Waals surface area contributed by atoms with E-state index in [2.05, 4.69) is 20.5 Å². The van der Waals surface area contributed by atoms with Gasteiger partial charge in [0.25, 0.3) is 11.8 Å². The number of nitrogens with zero attached hydrogens (tertiary/aromatic N) is 2. The van der Waals surface area contributed by atoms with Crippen LogP contribution in [0.1, 0.15) is 33.7 Å². The van der Waals surface area contributed by atoms with Crippen molar-refractivity contribution in [2.75, 3.05) is 46.7 Å². The molecule has 8 nitrogen and oxygen atoms in total. The predicted octanol–water partition coefficient (Wildman–Crippen LogP) is 3.33. The Hall–Kier alpha value is -2.07. The van der Waals surface area contributed by atoms with E-state index in [1.807, 2.05) is 14.1 Å². The third-order valence-electron chi connectivity index (χ3n) is 3.92. The van der Waals surface area contributed by atoms with Gasteiger partial charge in [-0.1, -0.05) is 0 Å². The van der Waals surface area contributed by atoms with Crippen LogP contribution < -0.4 is 20.1 Å². The monoisotopic (exact) mass is 478 g/mol. The molecule has 30 heavy (non-hydrogen) atoms. The second-order valence-corrected chi connectivity index (χ2v) is 7.19. The number of ether oxygens (including phenoxy) is 2. The van der Waals surface area contributed by atoms with Gasteiger partial charge < -0.3 is 19.7 Å². The maximum atomic E-state index is 12.4. The van der Waals surface area contributed by atoms with Gasteiger partial charge in [0.05, 0.1) is 14.2 Å². The van der Waals surface area contributed by atoms with Crippen molar-refractivity contribution in [3.05, 3.63) is 34.8 Å². The molecule has 1 heterocycles. The summed E-state index contributed by atoms with van der Waals surface area (Å²) in [5, 5.41) is 7.52. The summed E-state index contributed by atoms with van der Waals surface area (Å²) in [6, 6.07) is 4.87. The van der Waals surface area contributed by atoms with Crippen molar-refractivity contribution in [1.82, 2.24) is 15.2 Å². The molecule has 0 bridgehead atoms. The van der Waals surface area contributed by atoms with Crippen LogP contribution in [0, 0.1) is 0 Å². The van der Waals surface area contributed by atoms with Gasteiger partial charge in [0.2, 0.25) is 0 Å². The highest BCUT2D eigenvalue weighted by Crippen LogP contribution is 2.28. The van der Waals surface area contributed by atoms with Crippen LogP contribution in [0.4, 0.5) is 5.13 Å². The highest BCUT2D eigenvalue weighted by molar-refractivity contribution is 7.14. The van der Waals surface area contributed by atoms with Crippen LogP contribution in [0.15, 0.2) is 23.6 Å². The molecule has 1 aromatic carbocycles. The molecule has 0 unspecified atom stereocenters. The normalized spacial score (nSPS) is 9.90. The van der Waals surface area contributed by atoms with Gasteiger partial charge in [-0.05, 0) is 51.7 Å². The first-order chi connectivity index (χ1) is 13.4. The maximum absolute atomic E-state index is 12.4. The van der Waals surface area contributed by atoms with Gasteiger partial charge in [-0.3, -0.25) is 14.9 Å². The van der Waals surface area contributed by atoms with Crippen LogP contribution in [-0.2, 0) is 0 Å². The van der Waals surface area contributed by atoms with Crippen LogP contribution in [0.3, 0.4) is 0 Å². The topological polar surface area (TPSA) is 92.8 Å². The van der Waals surface area contributed by atoms with Crippen molar-refractivity contribution < 1.29 is 19.1 Å². The quantitative estimate of drug-likeness (QED) is 0.508. The summed E-state index contributed by atoms with van der Waals surface area (Å²) < 4.78 is 10.4. The molecule has 11 heteroatoms. The van der Waals surface area contributed by atoms with Gasteiger partial charge in [-0.25, -0.2) is 4.98 Å². The summed E-state index contributed by atoms with van der Waals surface area (Å²) in [6.07, 6.45) is 1.91. The molecule has 2 aromatic rings. The molecule has 2 N–H and O–H groups in total. The molecule has 168 valence electrons. The van der Waals surface area contributed by atoms with Gasteiger partial charge in [-0.15, -0.1) is 36.2 Å². The fourth-order valence-electron chi connectivity index (χ4n) is 2.43. The van der Waals surface area contributed by atoms with E-state index in [1.54, 1.807) is 23.6 Å². The lowest BCUT2D eigenvalue weighted by molar-refractivity contribution is 0.0947. The number of carbonyl (C=O) groups excluding carboxylic acids is 2. The second-order valence-electron chi connectivity index (χ2n) is 6.33. The third kappa shape index (κ3) is 8.35. The Labute approximate surface area is 193 Å². The van der Waals surface area contributed by atoms with Gasteiger partial charge in [0.1, 0.15) is 5.69 Å². The molecule has 0 aliphatic heterocycles. The molecule has 2 amide bonds. The zero-order valence-corrected chi connectivity index (χ0v) is 19.8. The number of methoxy groups -OCH3 is 2. The predicted molar refractivity (Wildman–Crippen MR) is 124 cm³/mol. The van der Waals surface area contributed by atoms with Crippen molar-refractivity contribution in [2.24, 2.45) is 0 Å². The summed E-state index contributed by atoms with van der Waals surface area (Å²) in [5.74, 6) is 0.417. The molecule has 0 aliphatic rings. The number of amides is 2. The molecular formula is C19H28Cl2N4O4S. The number of thiazole rings is 1. The number of hydrogen-bond acceptors (Lipinski definition) is 7. The Bertz CT molecular complexity index is 818. The molecule has 0 saturated heterocycles. The summed E-state index contributed by atoms with van der Waals surface area (Å²) in [5.41, 5.74) is 0.694.